The van der Waals surface area contributed by atoms with E-state index in [2.05, 4.69) is 5.10 Å². The molecule has 1 aliphatic heterocycles. The average molecular weight is 182 g/mol. The molecule has 0 aromatic carbocycles. The average Bonchev–Trinajstić information content (AvgIpc) is 2.70. The van der Waals surface area contributed by atoms with E-state index in [1.807, 2.05) is 17.1 Å². The van der Waals surface area contributed by atoms with Crippen LogP contribution in [0.3, 0.4) is 0 Å². The minimum atomic E-state index is 0.187. The third-order valence-corrected chi connectivity index (χ3v) is 2.34. The Bertz CT molecular complexity index is 266. The van der Waals surface area contributed by atoms with Crippen LogP contribution >= 0.6 is 0 Å². The SMILES string of the molecule is OCCc1cnn(C2CCOC2)c1. The Balaban J connectivity index is 2.03. The molecule has 13 heavy (non-hydrogen) atoms. The summed E-state index contributed by atoms with van der Waals surface area (Å²) in [6, 6.07) is 0.396. The summed E-state index contributed by atoms with van der Waals surface area (Å²) in [4.78, 5) is 0. The number of aromatic nitrogens is 2. The number of rotatable bonds is 3. The highest BCUT2D eigenvalue weighted by molar-refractivity contribution is 5.04. The van der Waals surface area contributed by atoms with Crippen molar-refractivity contribution in [2.75, 3.05) is 19.8 Å². The van der Waals surface area contributed by atoms with Crippen molar-refractivity contribution in [3.63, 3.8) is 0 Å². The molecule has 1 aliphatic rings. The maximum atomic E-state index is 8.73. The molecule has 0 aliphatic carbocycles. The number of hydrogen-bond donors (Lipinski definition) is 1. The van der Waals surface area contributed by atoms with Gasteiger partial charge in [-0.15, -0.1) is 0 Å². The third-order valence-electron chi connectivity index (χ3n) is 2.34. The fraction of sp³-hybridized carbons (Fsp3) is 0.667. The fourth-order valence-electron chi connectivity index (χ4n) is 1.57. The molecule has 72 valence electrons. The fourth-order valence-corrected chi connectivity index (χ4v) is 1.57. The van der Waals surface area contributed by atoms with Crippen LogP contribution in [0.15, 0.2) is 12.4 Å². The van der Waals surface area contributed by atoms with Crippen molar-refractivity contribution in [1.82, 2.24) is 9.78 Å². The van der Waals surface area contributed by atoms with Crippen LogP contribution in [0.4, 0.5) is 0 Å². The second kappa shape index (κ2) is 3.89. The molecule has 1 atom stereocenters. The highest BCUT2D eigenvalue weighted by Gasteiger charge is 2.17. The van der Waals surface area contributed by atoms with Gasteiger partial charge in [0.2, 0.25) is 0 Å². The molecule has 1 aromatic heterocycles. The van der Waals surface area contributed by atoms with Gasteiger partial charge in [0.25, 0.3) is 0 Å². The van der Waals surface area contributed by atoms with Gasteiger partial charge >= 0.3 is 0 Å². The van der Waals surface area contributed by atoms with Gasteiger partial charge < -0.3 is 9.84 Å². The van der Waals surface area contributed by atoms with Gasteiger partial charge in [0, 0.05) is 19.4 Å². The Labute approximate surface area is 77.1 Å². The summed E-state index contributed by atoms with van der Waals surface area (Å²) in [5.41, 5.74) is 1.09. The molecule has 2 rings (SSSR count). The lowest BCUT2D eigenvalue weighted by Crippen LogP contribution is -2.08. The van der Waals surface area contributed by atoms with Gasteiger partial charge in [0.05, 0.1) is 18.8 Å². The molecule has 4 nitrogen and oxygen atoms in total. The first-order valence-electron chi connectivity index (χ1n) is 4.62. The highest BCUT2D eigenvalue weighted by Crippen LogP contribution is 2.17. The molecule has 0 spiro atoms. The zero-order valence-electron chi connectivity index (χ0n) is 7.52. The first-order chi connectivity index (χ1) is 6.40. The van der Waals surface area contributed by atoms with Crippen LogP contribution in [-0.2, 0) is 11.2 Å². The Morgan fingerprint density at radius 3 is 3.31 bits per heavy atom. The van der Waals surface area contributed by atoms with E-state index < -0.39 is 0 Å². The number of aliphatic hydroxyl groups is 1. The van der Waals surface area contributed by atoms with Crippen LogP contribution < -0.4 is 0 Å². The van der Waals surface area contributed by atoms with E-state index in [-0.39, 0.29) is 6.61 Å². The van der Waals surface area contributed by atoms with Crippen LogP contribution in [0, 0.1) is 0 Å². The van der Waals surface area contributed by atoms with E-state index in [4.69, 9.17) is 9.84 Å². The predicted molar refractivity (Wildman–Crippen MR) is 47.5 cm³/mol. The smallest absolute Gasteiger partial charge is 0.0774 e. The molecule has 1 unspecified atom stereocenters. The van der Waals surface area contributed by atoms with Gasteiger partial charge in [0.1, 0.15) is 0 Å². The summed E-state index contributed by atoms with van der Waals surface area (Å²) in [5.74, 6) is 0. The van der Waals surface area contributed by atoms with Crippen LogP contribution in [0.2, 0.25) is 0 Å². The van der Waals surface area contributed by atoms with E-state index in [1.54, 1.807) is 0 Å². The van der Waals surface area contributed by atoms with Crippen LogP contribution in [0.5, 0.6) is 0 Å². The standard InChI is InChI=1S/C9H14N2O2/c12-3-1-8-5-10-11(6-8)9-2-4-13-7-9/h5-6,9,12H,1-4,7H2. The molecule has 1 saturated heterocycles. The highest BCUT2D eigenvalue weighted by atomic mass is 16.5. The zero-order valence-corrected chi connectivity index (χ0v) is 7.52. The third kappa shape index (κ3) is 1.89. The number of ether oxygens (including phenoxy) is 1. The van der Waals surface area contributed by atoms with E-state index >= 15 is 0 Å². The van der Waals surface area contributed by atoms with Crippen molar-refractivity contribution >= 4 is 0 Å². The molecule has 0 radical (unpaired) electrons. The largest absolute Gasteiger partial charge is 0.396 e. The second-order valence-electron chi connectivity index (χ2n) is 3.32. The quantitative estimate of drug-likeness (QED) is 0.735. The molecule has 4 heteroatoms. The molecule has 0 bridgehead atoms. The summed E-state index contributed by atoms with van der Waals surface area (Å²) in [7, 11) is 0. The monoisotopic (exact) mass is 182 g/mol. The molecule has 1 fully saturated rings. The maximum absolute atomic E-state index is 8.73. The molecule has 0 amide bonds. The Morgan fingerprint density at radius 2 is 2.62 bits per heavy atom. The molecular weight excluding hydrogens is 168 g/mol. The van der Waals surface area contributed by atoms with Crippen molar-refractivity contribution in [2.24, 2.45) is 0 Å². The minimum absolute atomic E-state index is 0.187. The first kappa shape index (κ1) is 8.72. The Morgan fingerprint density at radius 1 is 1.69 bits per heavy atom. The van der Waals surface area contributed by atoms with Crippen molar-refractivity contribution in [3.8, 4) is 0 Å². The predicted octanol–water partition coefficient (Wildman–Crippen LogP) is 0.379. The van der Waals surface area contributed by atoms with E-state index in [9.17, 15) is 0 Å². The Kier molecular flexibility index (Phi) is 2.61. The molecular formula is C9H14N2O2. The number of aliphatic hydroxyl groups excluding tert-OH is 1. The van der Waals surface area contributed by atoms with Gasteiger partial charge in [-0.2, -0.15) is 5.10 Å². The number of nitrogens with zero attached hydrogens (tertiary/aromatic N) is 2. The summed E-state index contributed by atoms with van der Waals surface area (Å²) >= 11 is 0. The normalized spacial score (nSPS) is 22.4. The minimum Gasteiger partial charge on any atom is -0.396 e. The number of hydrogen-bond acceptors (Lipinski definition) is 3. The molecule has 2 heterocycles. The lowest BCUT2D eigenvalue weighted by atomic mass is 10.2. The van der Waals surface area contributed by atoms with Gasteiger partial charge in [-0.25, -0.2) is 0 Å². The molecule has 0 saturated carbocycles. The summed E-state index contributed by atoms with van der Waals surface area (Å²) in [6.07, 6.45) is 5.54. The van der Waals surface area contributed by atoms with Crippen molar-refractivity contribution in [2.45, 2.75) is 18.9 Å². The topological polar surface area (TPSA) is 47.3 Å². The van der Waals surface area contributed by atoms with E-state index in [0.717, 1.165) is 25.2 Å². The van der Waals surface area contributed by atoms with Crippen LogP contribution in [0.25, 0.3) is 0 Å². The zero-order chi connectivity index (χ0) is 9.10. The lowest BCUT2D eigenvalue weighted by molar-refractivity contribution is 0.184. The van der Waals surface area contributed by atoms with E-state index in [0.29, 0.717) is 12.5 Å². The van der Waals surface area contributed by atoms with Crippen molar-refractivity contribution in [3.05, 3.63) is 18.0 Å². The van der Waals surface area contributed by atoms with Gasteiger partial charge in [-0.1, -0.05) is 0 Å². The Hall–Kier alpha value is -0.870. The van der Waals surface area contributed by atoms with Crippen LogP contribution in [-0.4, -0.2) is 34.7 Å². The summed E-state index contributed by atoms with van der Waals surface area (Å²) < 4.78 is 7.21. The molecule has 1 aromatic rings. The second-order valence-corrected chi connectivity index (χ2v) is 3.32. The summed E-state index contributed by atoms with van der Waals surface area (Å²) in [5, 5.41) is 13.0. The van der Waals surface area contributed by atoms with E-state index in [1.165, 1.54) is 0 Å². The van der Waals surface area contributed by atoms with Gasteiger partial charge in [0.15, 0.2) is 0 Å². The van der Waals surface area contributed by atoms with Crippen molar-refractivity contribution in [1.29, 1.82) is 0 Å². The first-order valence-corrected chi connectivity index (χ1v) is 4.62. The summed E-state index contributed by atoms with van der Waals surface area (Å²) in [6.45, 7) is 1.78. The van der Waals surface area contributed by atoms with Gasteiger partial charge in [-0.3, -0.25) is 4.68 Å². The van der Waals surface area contributed by atoms with Crippen molar-refractivity contribution < 1.29 is 9.84 Å². The maximum Gasteiger partial charge on any atom is 0.0774 e. The van der Waals surface area contributed by atoms with Gasteiger partial charge in [-0.05, 0) is 18.4 Å². The molecule has 1 N–H and O–H groups in total. The van der Waals surface area contributed by atoms with Crippen LogP contribution in [0.1, 0.15) is 18.0 Å². The lowest BCUT2D eigenvalue weighted by Gasteiger charge is -2.06.